The Morgan fingerprint density at radius 1 is 1.32 bits per heavy atom. The molecule has 0 fully saturated rings. The molecule has 0 atom stereocenters. The first-order valence-electron chi connectivity index (χ1n) is 5.92. The van der Waals surface area contributed by atoms with Crippen molar-refractivity contribution < 1.29 is 9.53 Å². The quantitative estimate of drug-likeness (QED) is 0.881. The van der Waals surface area contributed by atoms with Gasteiger partial charge in [0.15, 0.2) is 0 Å². The second-order valence-electron chi connectivity index (χ2n) is 3.86. The number of amides is 1. The first-order chi connectivity index (χ1) is 9.19. The van der Waals surface area contributed by atoms with Crippen molar-refractivity contribution >= 4 is 11.6 Å². The third-order valence-corrected chi connectivity index (χ3v) is 2.45. The highest BCUT2D eigenvalue weighted by Gasteiger charge is 2.06. The van der Waals surface area contributed by atoms with E-state index in [1.807, 2.05) is 13.0 Å². The number of benzene rings is 1. The molecule has 0 unspecified atom stereocenters. The first-order valence-corrected chi connectivity index (χ1v) is 5.92. The van der Waals surface area contributed by atoms with E-state index in [9.17, 15) is 9.59 Å². The molecule has 2 N–H and O–H groups in total. The maximum atomic E-state index is 11.9. The number of carbonyl (C=O) groups excluding carboxylic acids is 1. The second kappa shape index (κ2) is 5.86. The van der Waals surface area contributed by atoms with Crippen molar-refractivity contribution in [1.29, 1.82) is 0 Å². The van der Waals surface area contributed by atoms with Crippen molar-refractivity contribution in [3.63, 3.8) is 0 Å². The molecular weight excluding hydrogens is 244 g/mol. The summed E-state index contributed by atoms with van der Waals surface area (Å²) in [4.78, 5) is 25.3. The highest BCUT2D eigenvalue weighted by Crippen LogP contribution is 2.17. The molecule has 0 saturated heterocycles. The van der Waals surface area contributed by atoms with Gasteiger partial charge in [-0.3, -0.25) is 9.59 Å². The summed E-state index contributed by atoms with van der Waals surface area (Å²) in [7, 11) is 0. The van der Waals surface area contributed by atoms with Gasteiger partial charge in [0.05, 0.1) is 12.2 Å². The molecule has 98 valence electrons. The van der Waals surface area contributed by atoms with Crippen molar-refractivity contribution in [2.24, 2.45) is 0 Å². The molecule has 5 nitrogen and oxygen atoms in total. The molecule has 0 radical (unpaired) electrons. The van der Waals surface area contributed by atoms with Crippen LogP contribution in [0.15, 0.2) is 47.4 Å². The van der Waals surface area contributed by atoms with Gasteiger partial charge in [0, 0.05) is 24.0 Å². The Morgan fingerprint density at radius 3 is 2.84 bits per heavy atom. The fourth-order valence-corrected chi connectivity index (χ4v) is 1.59. The Bertz CT molecular complexity index is 614. The average molecular weight is 258 g/mol. The minimum atomic E-state index is -0.287. The normalized spacial score (nSPS) is 9.95. The Morgan fingerprint density at radius 2 is 2.16 bits per heavy atom. The Hall–Kier alpha value is -2.56. The van der Waals surface area contributed by atoms with Crippen LogP contribution in [0.25, 0.3) is 0 Å². The largest absolute Gasteiger partial charge is 0.494 e. The van der Waals surface area contributed by atoms with E-state index in [0.29, 0.717) is 23.6 Å². The molecule has 0 aliphatic rings. The van der Waals surface area contributed by atoms with Gasteiger partial charge in [0.1, 0.15) is 5.75 Å². The van der Waals surface area contributed by atoms with Gasteiger partial charge in [-0.15, -0.1) is 0 Å². The van der Waals surface area contributed by atoms with Crippen LogP contribution in [0.2, 0.25) is 0 Å². The number of pyridine rings is 1. The summed E-state index contributed by atoms with van der Waals surface area (Å²) in [5, 5.41) is 2.74. The van der Waals surface area contributed by atoms with E-state index in [4.69, 9.17) is 4.74 Å². The summed E-state index contributed by atoms with van der Waals surface area (Å²) in [6, 6.07) is 9.91. The van der Waals surface area contributed by atoms with Crippen LogP contribution in [0.4, 0.5) is 5.69 Å². The molecule has 1 aromatic carbocycles. The zero-order valence-electron chi connectivity index (χ0n) is 10.5. The molecule has 0 bridgehead atoms. The second-order valence-corrected chi connectivity index (χ2v) is 3.86. The number of anilines is 1. The third-order valence-electron chi connectivity index (χ3n) is 2.45. The lowest BCUT2D eigenvalue weighted by Gasteiger charge is -2.07. The number of rotatable bonds is 4. The van der Waals surface area contributed by atoms with Gasteiger partial charge in [0.2, 0.25) is 5.56 Å². The zero-order chi connectivity index (χ0) is 13.7. The predicted octanol–water partition coefficient (Wildman–Crippen LogP) is 2.03. The maximum absolute atomic E-state index is 11.9. The molecule has 0 aliphatic carbocycles. The SMILES string of the molecule is CCOc1cccc(NC(=O)c2ccc(=O)[nH]c2)c1. The van der Waals surface area contributed by atoms with E-state index < -0.39 is 0 Å². The smallest absolute Gasteiger partial charge is 0.257 e. The Kier molecular flexibility index (Phi) is 3.97. The molecular formula is C14H14N2O3. The standard InChI is InChI=1S/C14H14N2O3/c1-2-19-12-5-3-4-11(8-12)16-14(18)10-6-7-13(17)15-9-10/h3-9H,2H2,1H3,(H,15,17)(H,16,18). The van der Waals surface area contributed by atoms with E-state index in [1.165, 1.54) is 18.3 Å². The van der Waals surface area contributed by atoms with Gasteiger partial charge in [-0.1, -0.05) is 6.07 Å². The Balaban J connectivity index is 2.12. The lowest BCUT2D eigenvalue weighted by Crippen LogP contribution is -2.14. The zero-order valence-corrected chi connectivity index (χ0v) is 10.5. The maximum Gasteiger partial charge on any atom is 0.257 e. The minimum Gasteiger partial charge on any atom is -0.494 e. The monoisotopic (exact) mass is 258 g/mol. The molecule has 1 aromatic heterocycles. The highest BCUT2D eigenvalue weighted by atomic mass is 16.5. The van der Waals surface area contributed by atoms with Crippen LogP contribution >= 0.6 is 0 Å². The van der Waals surface area contributed by atoms with Crippen molar-refractivity contribution in [2.45, 2.75) is 6.92 Å². The molecule has 0 aliphatic heterocycles. The number of nitrogens with one attached hydrogen (secondary N) is 2. The summed E-state index contributed by atoms with van der Waals surface area (Å²) in [5.41, 5.74) is 0.790. The predicted molar refractivity (Wildman–Crippen MR) is 72.6 cm³/mol. The van der Waals surface area contributed by atoms with Crippen LogP contribution in [0.5, 0.6) is 5.75 Å². The van der Waals surface area contributed by atoms with Crippen LogP contribution in [-0.4, -0.2) is 17.5 Å². The van der Waals surface area contributed by atoms with Crippen molar-refractivity contribution in [2.75, 3.05) is 11.9 Å². The number of H-pyrrole nitrogens is 1. The molecule has 0 saturated carbocycles. The number of carbonyl (C=O) groups is 1. The van der Waals surface area contributed by atoms with E-state index in [2.05, 4.69) is 10.3 Å². The molecule has 2 aromatic rings. The molecule has 2 rings (SSSR count). The molecule has 5 heteroatoms. The van der Waals surface area contributed by atoms with E-state index >= 15 is 0 Å². The van der Waals surface area contributed by atoms with Crippen molar-refractivity contribution in [3.05, 3.63) is 58.5 Å². The average Bonchev–Trinajstić information content (AvgIpc) is 2.40. The van der Waals surface area contributed by atoms with Crippen molar-refractivity contribution in [3.8, 4) is 5.75 Å². The number of aromatic amines is 1. The van der Waals surface area contributed by atoms with Crippen LogP contribution in [0, 0.1) is 0 Å². The molecule has 1 heterocycles. The van der Waals surface area contributed by atoms with Gasteiger partial charge in [-0.05, 0) is 25.1 Å². The lowest BCUT2D eigenvalue weighted by atomic mass is 10.2. The van der Waals surface area contributed by atoms with Gasteiger partial charge in [-0.25, -0.2) is 0 Å². The summed E-state index contributed by atoms with van der Waals surface area (Å²) in [5.74, 6) is 0.409. The summed E-state index contributed by atoms with van der Waals surface area (Å²) in [6.07, 6.45) is 1.38. The lowest BCUT2D eigenvalue weighted by molar-refractivity contribution is 0.102. The first kappa shape index (κ1) is 12.9. The van der Waals surface area contributed by atoms with Crippen LogP contribution in [-0.2, 0) is 0 Å². The highest BCUT2D eigenvalue weighted by molar-refractivity contribution is 6.04. The fourth-order valence-electron chi connectivity index (χ4n) is 1.59. The summed E-state index contributed by atoms with van der Waals surface area (Å²) < 4.78 is 5.35. The summed E-state index contributed by atoms with van der Waals surface area (Å²) in [6.45, 7) is 2.46. The van der Waals surface area contributed by atoms with E-state index in [-0.39, 0.29) is 11.5 Å². The van der Waals surface area contributed by atoms with Crippen LogP contribution in [0.1, 0.15) is 17.3 Å². The topological polar surface area (TPSA) is 71.2 Å². The van der Waals surface area contributed by atoms with E-state index in [0.717, 1.165) is 0 Å². The molecule has 1 amide bonds. The van der Waals surface area contributed by atoms with Gasteiger partial charge in [0.25, 0.3) is 5.91 Å². The number of aromatic nitrogens is 1. The van der Waals surface area contributed by atoms with Gasteiger partial charge < -0.3 is 15.0 Å². The van der Waals surface area contributed by atoms with Gasteiger partial charge >= 0.3 is 0 Å². The van der Waals surface area contributed by atoms with Crippen molar-refractivity contribution in [1.82, 2.24) is 4.98 Å². The minimum absolute atomic E-state index is 0.241. The van der Waals surface area contributed by atoms with Crippen LogP contribution < -0.4 is 15.6 Å². The number of hydrogen-bond acceptors (Lipinski definition) is 3. The number of hydrogen-bond donors (Lipinski definition) is 2. The molecule has 0 spiro atoms. The molecule has 19 heavy (non-hydrogen) atoms. The third kappa shape index (κ3) is 3.45. The van der Waals surface area contributed by atoms with Crippen LogP contribution in [0.3, 0.4) is 0 Å². The summed E-state index contributed by atoms with van der Waals surface area (Å²) >= 11 is 0. The van der Waals surface area contributed by atoms with Gasteiger partial charge in [-0.2, -0.15) is 0 Å². The number of ether oxygens (including phenoxy) is 1. The Labute approximate surface area is 110 Å². The van der Waals surface area contributed by atoms with E-state index in [1.54, 1.807) is 18.2 Å². The fraction of sp³-hybridized carbons (Fsp3) is 0.143.